The van der Waals surface area contributed by atoms with Gasteiger partial charge in [-0.05, 0) is 64.7 Å². The molecular formula is C15H18Br2N4. The van der Waals surface area contributed by atoms with Gasteiger partial charge in [0, 0.05) is 38.6 Å². The van der Waals surface area contributed by atoms with Crippen LogP contribution in [-0.4, -0.2) is 21.5 Å². The van der Waals surface area contributed by atoms with Crippen LogP contribution in [0.25, 0.3) is 11.5 Å². The monoisotopic (exact) mass is 412 g/mol. The molecule has 2 aromatic heterocycles. The van der Waals surface area contributed by atoms with Crippen LogP contribution >= 0.6 is 31.9 Å². The van der Waals surface area contributed by atoms with Crippen LogP contribution in [-0.2, 0) is 0 Å². The average Bonchev–Trinajstić information content (AvgIpc) is 2.44. The fourth-order valence-electron chi connectivity index (χ4n) is 2.07. The lowest BCUT2D eigenvalue weighted by atomic mass is 10.1. The molecule has 2 heterocycles. The quantitative estimate of drug-likeness (QED) is 0.787. The molecule has 0 aliphatic carbocycles. The van der Waals surface area contributed by atoms with E-state index in [1.165, 1.54) is 0 Å². The van der Waals surface area contributed by atoms with Crippen LogP contribution in [0.15, 0.2) is 27.4 Å². The van der Waals surface area contributed by atoms with Crippen LogP contribution in [0, 0.1) is 6.92 Å². The highest BCUT2D eigenvalue weighted by atomic mass is 79.9. The van der Waals surface area contributed by atoms with Gasteiger partial charge in [0.05, 0.1) is 0 Å². The minimum absolute atomic E-state index is 0.250. The molecule has 0 spiro atoms. The number of hydrogen-bond acceptors (Lipinski definition) is 4. The molecule has 0 saturated heterocycles. The van der Waals surface area contributed by atoms with E-state index in [4.69, 9.17) is 0 Å². The SMILES string of the molecule is CCCNC(C)c1cnc(-c2ncc(Br)cc2Br)nc1C. The lowest BCUT2D eigenvalue weighted by Crippen LogP contribution is -2.20. The maximum atomic E-state index is 4.60. The van der Waals surface area contributed by atoms with Crippen molar-refractivity contribution in [3.63, 3.8) is 0 Å². The van der Waals surface area contributed by atoms with E-state index in [2.05, 4.69) is 66.0 Å². The number of nitrogens with zero attached hydrogens (tertiary/aromatic N) is 3. The first-order chi connectivity index (χ1) is 10.0. The number of aromatic nitrogens is 3. The van der Waals surface area contributed by atoms with E-state index in [9.17, 15) is 0 Å². The summed E-state index contributed by atoms with van der Waals surface area (Å²) in [5, 5.41) is 3.46. The topological polar surface area (TPSA) is 50.7 Å². The van der Waals surface area contributed by atoms with E-state index in [1.54, 1.807) is 6.20 Å². The van der Waals surface area contributed by atoms with Crippen LogP contribution < -0.4 is 5.32 Å². The maximum Gasteiger partial charge on any atom is 0.179 e. The Morgan fingerprint density at radius 3 is 2.62 bits per heavy atom. The number of pyridine rings is 1. The second kappa shape index (κ2) is 7.42. The summed E-state index contributed by atoms with van der Waals surface area (Å²) in [5.41, 5.74) is 2.86. The molecule has 4 nitrogen and oxygen atoms in total. The number of hydrogen-bond donors (Lipinski definition) is 1. The summed E-state index contributed by atoms with van der Waals surface area (Å²) in [6.07, 6.45) is 4.75. The number of rotatable bonds is 5. The fourth-order valence-corrected chi connectivity index (χ4v) is 3.23. The third-order valence-corrected chi connectivity index (χ3v) is 4.24. The number of halogens is 2. The first-order valence-electron chi connectivity index (χ1n) is 6.91. The van der Waals surface area contributed by atoms with Gasteiger partial charge in [0.2, 0.25) is 0 Å². The number of aryl methyl sites for hydroxylation is 1. The van der Waals surface area contributed by atoms with Crippen LogP contribution in [0.4, 0.5) is 0 Å². The molecule has 0 aromatic carbocycles. The fraction of sp³-hybridized carbons (Fsp3) is 0.400. The molecule has 0 bridgehead atoms. The number of nitrogens with one attached hydrogen (secondary N) is 1. The highest BCUT2D eigenvalue weighted by molar-refractivity contribution is 9.11. The first-order valence-corrected chi connectivity index (χ1v) is 8.49. The van der Waals surface area contributed by atoms with Crippen molar-refractivity contribution < 1.29 is 0 Å². The highest BCUT2D eigenvalue weighted by Gasteiger charge is 2.13. The van der Waals surface area contributed by atoms with Crippen molar-refractivity contribution >= 4 is 31.9 Å². The molecule has 2 aromatic rings. The van der Waals surface area contributed by atoms with E-state index in [-0.39, 0.29) is 6.04 Å². The largest absolute Gasteiger partial charge is 0.310 e. The Labute approximate surface area is 142 Å². The Kier molecular flexibility index (Phi) is 5.84. The molecular weight excluding hydrogens is 396 g/mol. The van der Waals surface area contributed by atoms with Gasteiger partial charge in [0.1, 0.15) is 5.69 Å². The summed E-state index contributed by atoms with van der Waals surface area (Å²) in [4.78, 5) is 13.5. The predicted octanol–water partition coefficient (Wildman–Crippen LogP) is 4.43. The maximum absolute atomic E-state index is 4.60. The second-order valence-electron chi connectivity index (χ2n) is 4.89. The smallest absolute Gasteiger partial charge is 0.179 e. The molecule has 0 fully saturated rings. The predicted molar refractivity (Wildman–Crippen MR) is 92.1 cm³/mol. The lowest BCUT2D eigenvalue weighted by molar-refractivity contribution is 0.564. The van der Waals surface area contributed by atoms with Crippen molar-refractivity contribution in [3.05, 3.63) is 38.7 Å². The van der Waals surface area contributed by atoms with E-state index >= 15 is 0 Å². The van der Waals surface area contributed by atoms with E-state index < -0.39 is 0 Å². The zero-order valence-corrected chi connectivity index (χ0v) is 15.5. The summed E-state index contributed by atoms with van der Waals surface area (Å²) in [6.45, 7) is 7.29. The summed E-state index contributed by atoms with van der Waals surface area (Å²) < 4.78 is 1.80. The standard InChI is InChI=1S/C15H18Br2N4/c1-4-5-18-9(2)12-8-20-15(21-10(12)3)14-13(17)6-11(16)7-19-14/h6-9,18H,4-5H2,1-3H3. The van der Waals surface area contributed by atoms with Gasteiger partial charge in [-0.25, -0.2) is 9.97 Å². The van der Waals surface area contributed by atoms with E-state index in [0.29, 0.717) is 5.82 Å². The normalized spacial score (nSPS) is 12.4. The van der Waals surface area contributed by atoms with Crippen molar-refractivity contribution in [2.75, 3.05) is 6.54 Å². The third kappa shape index (κ3) is 4.08. The molecule has 21 heavy (non-hydrogen) atoms. The molecule has 1 atom stereocenters. The molecule has 0 aliphatic heterocycles. The van der Waals surface area contributed by atoms with Gasteiger partial charge < -0.3 is 5.32 Å². The second-order valence-corrected chi connectivity index (χ2v) is 6.66. The molecule has 1 unspecified atom stereocenters. The van der Waals surface area contributed by atoms with E-state index in [0.717, 1.165) is 38.9 Å². The molecule has 0 amide bonds. The summed E-state index contributed by atoms with van der Waals surface area (Å²) in [5.74, 6) is 0.637. The Balaban J connectivity index is 2.30. The Morgan fingerprint density at radius 2 is 2.00 bits per heavy atom. The van der Waals surface area contributed by atoms with Gasteiger partial charge in [0.25, 0.3) is 0 Å². The molecule has 112 valence electrons. The van der Waals surface area contributed by atoms with Gasteiger partial charge in [-0.15, -0.1) is 0 Å². The Hall–Kier alpha value is -0.850. The summed E-state index contributed by atoms with van der Waals surface area (Å²) in [6, 6.07) is 2.20. The Bertz CT molecular complexity index is 631. The lowest BCUT2D eigenvalue weighted by Gasteiger charge is -2.15. The first kappa shape index (κ1) is 16.5. The van der Waals surface area contributed by atoms with Crippen LogP contribution in [0.1, 0.15) is 37.6 Å². The molecule has 0 aliphatic rings. The van der Waals surface area contributed by atoms with Gasteiger partial charge >= 0.3 is 0 Å². The zero-order chi connectivity index (χ0) is 15.4. The van der Waals surface area contributed by atoms with Crippen molar-refractivity contribution in [1.29, 1.82) is 0 Å². The molecule has 2 rings (SSSR count). The van der Waals surface area contributed by atoms with Crippen LogP contribution in [0.2, 0.25) is 0 Å². The minimum atomic E-state index is 0.250. The molecule has 6 heteroatoms. The summed E-state index contributed by atoms with van der Waals surface area (Å²) >= 11 is 6.90. The minimum Gasteiger partial charge on any atom is -0.310 e. The van der Waals surface area contributed by atoms with Gasteiger partial charge in [-0.3, -0.25) is 4.98 Å². The summed E-state index contributed by atoms with van der Waals surface area (Å²) in [7, 11) is 0. The van der Waals surface area contributed by atoms with Gasteiger partial charge in [-0.1, -0.05) is 6.92 Å². The van der Waals surface area contributed by atoms with Gasteiger partial charge in [-0.2, -0.15) is 0 Å². The Morgan fingerprint density at radius 1 is 1.24 bits per heavy atom. The van der Waals surface area contributed by atoms with Crippen molar-refractivity contribution in [2.24, 2.45) is 0 Å². The van der Waals surface area contributed by atoms with Crippen LogP contribution in [0.3, 0.4) is 0 Å². The van der Waals surface area contributed by atoms with E-state index in [1.807, 2.05) is 19.2 Å². The van der Waals surface area contributed by atoms with Crippen LogP contribution in [0.5, 0.6) is 0 Å². The average molecular weight is 414 g/mol. The molecule has 1 N–H and O–H groups in total. The third-order valence-electron chi connectivity index (χ3n) is 3.20. The highest BCUT2D eigenvalue weighted by Crippen LogP contribution is 2.27. The zero-order valence-electron chi connectivity index (χ0n) is 12.3. The van der Waals surface area contributed by atoms with Gasteiger partial charge in [0.15, 0.2) is 5.82 Å². The van der Waals surface area contributed by atoms with Crippen molar-refractivity contribution in [2.45, 2.75) is 33.2 Å². The molecule has 0 saturated carbocycles. The van der Waals surface area contributed by atoms with Crippen molar-refractivity contribution in [3.8, 4) is 11.5 Å². The molecule has 0 radical (unpaired) electrons. The van der Waals surface area contributed by atoms with Crippen molar-refractivity contribution in [1.82, 2.24) is 20.3 Å².